The number of hydrogen-bond donors (Lipinski definition) is 1. The van der Waals surface area contributed by atoms with Gasteiger partial charge >= 0.3 is 0 Å². The summed E-state index contributed by atoms with van der Waals surface area (Å²) in [7, 11) is 0. The Bertz CT molecular complexity index is 345. The maximum atomic E-state index is 5.93. The third kappa shape index (κ3) is 2.99. The van der Waals surface area contributed by atoms with Crippen LogP contribution in [0.5, 0.6) is 0 Å². The standard InChI is InChI=1S/C13H20ClNS/c1-13(2)8-4-3-5-11(13)15-9-10-6-7-12(14)16-10/h6-7,11,15H,3-5,8-9H2,1-2H3. The molecule has 1 aromatic heterocycles. The van der Waals surface area contributed by atoms with E-state index in [1.807, 2.05) is 6.07 Å². The van der Waals surface area contributed by atoms with Gasteiger partial charge in [0.15, 0.2) is 0 Å². The zero-order valence-corrected chi connectivity index (χ0v) is 11.6. The monoisotopic (exact) mass is 257 g/mol. The third-order valence-corrected chi connectivity index (χ3v) is 4.89. The van der Waals surface area contributed by atoms with E-state index in [2.05, 4.69) is 25.2 Å². The Balaban J connectivity index is 1.89. The summed E-state index contributed by atoms with van der Waals surface area (Å²) in [6, 6.07) is 4.76. The van der Waals surface area contributed by atoms with Gasteiger partial charge in [0.1, 0.15) is 0 Å². The van der Waals surface area contributed by atoms with Crippen LogP contribution in [0.1, 0.15) is 44.4 Å². The lowest BCUT2D eigenvalue weighted by molar-refractivity contribution is 0.167. The van der Waals surface area contributed by atoms with E-state index < -0.39 is 0 Å². The molecular formula is C13H20ClNS. The lowest BCUT2D eigenvalue weighted by Crippen LogP contribution is -2.43. The van der Waals surface area contributed by atoms with Crippen molar-refractivity contribution >= 4 is 22.9 Å². The van der Waals surface area contributed by atoms with Crippen molar-refractivity contribution in [1.82, 2.24) is 5.32 Å². The average Bonchev–Trinajstić information content (AvgIpc) is 2.62. The van der Waals surface area contributed by atoms with Gasteiger partial charge in [-0.05, 0) is 30.4 Å². The quantitative estimate of drug-likeness (QED) is 0.843. The molecule has 1 aromatic rings. The first kappa shape index (κ1) is 12.4. The molecule has 0 radical (unpaired) electrons. The molecule has 16 heavy (non-hydrogen) atoms. The zero-order valence-electron chi connectivity index (χ0n) is 10.1. The number of rotatable bonds is 3. The molecule has 1 saturated carbocycles. The summed E-state index contributed by atoms with van der Waals surface area (Å²) >= 11 is 7.61. The molecule has 1 fully saturated rings. The Morgan fingerprint density at radius 1 is 1.44 bits per heavy atom. The molecule has 1 aliphatic rings. The number of halogens is 1. The van der Waals surface area contributed by atoms with E-state index in [-0.39, 0.29) is 0 Å². The van der Waals surface area contributed by atoms with Gasteiger partial charge in [0.05, 0.1) is 4.34 Å². The summed E-state index contributed by atoms with van der Waals surface area (Å²) in [6.07, 6.45) is 5.41. The summed E-state index contributed by atoms with van der Waals surface area (Å²) in [4.78, 5) is 1.34. The first-order valence-corrected chi connectivity index (χ1v) is 7.25. The Morgan fingerprint density at radius 2 is 2.25 bits per heavy atom. The van der Waals surface area contributed by atoms with Crippen LogP contribution >= 0.6 is 22.9 Å². The van der Waals surface area contributed by atoms with Gasteiger partial charge in [0.25, 0.3) is 0 Å². The highest BCUT2D eigenvalue weighted by molar-refractivity contribution is 7.16. The molecular weight excluding hydrogens is 238 g/mol. The second-order valence-corrected chi connectivity index (χ2v) is 7.17. The fraction of sp³-hybridized carbons (Fsp3) is 0.692. The van der Waals surface area contributed by atoms with E-state index in [4.69, 9.17) is 11.6 Å². The van der Waals surface area contributed by atoms with Crippen molar-refractivity contribution in [2.75, 3.05) is 0 Å². The minimum absolute atomic E-state index is 0.444. The normalized spacial score (nSPS) is 24.6. The molecule has 1 N–H and O–H groups in total. The van der Waals surface area contributed by atoms with Gasteiger partial charge in [-0.2, -0.15) is 0 Å². The summed E-state index contributed by atoms with van der Waals surface area (Å²) in [5.41, 5.74) is 0.444. The van der Waals surface area contributed by atoms with Crippen LogP contribution in [0.15, 0.2) is 12.1 Å². The average molecular weight is 258 g/mol. The molecule has 0 aromatic carbocycles. The largest absolute Gasteiger partial charge is 0.309 e. The minimum atomic E-state index is 0.444. The van der Waals surface area contributed by atoms with Crippen LogP contribution in [0.25, 0.3) is 0 Å². The summed E-state index contributed by atoms with van der Waals surface area (Å²) in [5, 5.41) is 3.69. The number of thiophene rings is 1. The Kier molecular flexibility index (Phi) is 3.93. The van der Waals surface area contributed by atoms with E-state index in [1.165, 1.54) is 30.6 Å². The van der Waals surface area contributed by atoms with Crippen molar-refractivity contribution in [3.8, 4) is 0 Å². The molecule has 1 nitrogen and oxygen atoms in total. The highest BCUT2D eigenvalue weighted by Crippen LogP contribution is 2.35. The Labute approximate surface area is 107 Å². The van der Waals surface area contributed by atoms with Crippen molar-refractivity contribution in [1.29, 1.82) is 0 Å². The highest BCUT2D eigenvalue weighted by atomic mass is 35.5. The van der Waals surface area contributed by atoms with Crippen LogP contribution in [0.4, 0.5) is 0 Å². The van der Waals surface area contributed by atoms with Crippen LogP contribution < -0.4 is 5.32 Å². The molecule has 2 rings (SSSR count). The van der Waals surface area contributed by atoms with Crippen LogP contribution in [0, 0.1) is 5.41 Å². The maximum absolute atomic E-state index is 5.93. The first-order chi connectivity index (χ1) is 7.58. The van der Waals surface area contributed by atoms with E-state index in [9.17, 15) is 0 Å². The zero-order chi connectivity index (χ0) is 11.6. The fourth-order valence-corrected chi connectivity index (χ4v) is 3.58. The van der Waals surface area contributed by atoms with Crippen LogP contribution in [0.2, 0.25) is 4.34 Å². The molecule has 0 aliphatic heterocycles. The van der Waals surface area contributed by atoms with Crippen molar-refractivity contribution < 1.29 is 0 Å². The van der Waals surface area contributed by atoms with Gasteiger partial charge in [-0.25, -0.2) is 0 Å². The second kappa shape index (κ2) is 5.07. The van der Waals surface area contributed by atoms with Gasteiger partial charge in [0, 0.05) is 17.5 Å². The van der Waals surface area contributed by atoms with Gasteiger partial charge in [-0.3, -0.25) is 0 Å². The Morgan fingerprint density at radius 3 is 2.88 bits per heavy atom. The molecule has 1 heterocycles. The van der Waals surface area contributed by atoms with Gasteiger partial charge in [-0.15, -0.1) is 11.3 Å². The lowest BCUT2D eigenvalue weighted by atomic mass is 9.73. The molecule has 0 bridgehead atoms. The number of nitrogens with one attached hydrogen (secondary N) is 1. The smallest absolute Gasteiger partial charge is 0.0931 e. The Hall–Kier alpha value is -0.0500. The predicted molar refractivity (Wildman–Crippen MR) is 72.2 cm³/mol. The van der Waals surface area contributed by atoms with E-state index in [1.54, 1.807) is 11.3 Å². The third-order valence-electron chi connectivity index (χ3n) is 3.66. The van der Waals surface area contributed by atoms with Gasteiger partial charge < -0.3 is 5.32 Å². The van der Waals surface area contributed by atoms with Crippen molar-refractivity contribution in [2.45, 2.75) is 52.1 Å². The molecule has 90 valence electrons. The first-order valence-electron chi connectivity index (χ1n) is 6.05. The van der Waals surface area contributed by atoms with E-state index in [0.29, 0.717) is 11.5 Å². The minimum Gasteiger partial charge on any atom is -0.309 e. The molecule has 1 aliphatic carbocycles. The molecule has 1 atom stereocenters. The topological polar surface area (TPSA) is 12.0 Å². The van der Waals surface area contributed by atoms with E-state index >= 15 is 0 Å². The summed E-state index contributed by atoms with van der Waals surface area (Å²) in [5.74, 6) is 0. The highest BCUT2D eigenvalue weighted by Gasteiger charge is 2.31. The fourth-order valence-electron chi connectivity index (χ4n) is 2.54. The molecule has 3 heteroatoms. The van der Waals surface area contributed by atoms with Gasteiger partial charge in [0.2, 0.25) is 0 Å². The number of hydrogen-bond acceptors (Lipinski definition) is 2. The van der Waals surface area contributed by atoms with Crippen LogP contribution in [-0.2, 0) is 6.54 Å². The van der Waals surface area contributed by atoms with Gasteiger partial charge in [-0.1, -0.05) is 38.3 Å². The lowest BCUT2D eigenvalue weighted by Gasteiger charge is -2.39. The molecule has 1 unspecified atom stereocenters. The second-order valence-electron chi connectivity index (χ2n) is 5.37. The molecule has 0 saturated heterocycles. The predicted octanol–water partition coefficient (Wildman–Crippen LogP) is 4.46. The summed E-state index contributed by atoms with van der Waals surface area (Å²) in [6.45, 7) is 5.72. The van der Waals surface area contributed by atoms with Crippen molar-refractivity contribution in [3.05, 3.63) is 21.3 Å². The van der Waals surface area contributed by atoms with Crippen molar-refractivity contribution in [3.63, 3.8) is 0 Å². The molecule has 0 amide bonds. The SMILES string of the molecule is CC1(C)CCCCC1NCc1ccc(Cl)s1. The molecule has 0 spiro atoms. The van der Waals surface area contributed by atoms with Crippen molar-refractivity contribution in [2.24, 2.45) is 5.41 Å². The summed E-state index contributed by atoms with van der Waals surface area (Å²) < 4.78 is 0.889. The van der Waals surface area contributed by atoms with Crippen LogP contribution in [0.3, 0.4) is 0 Å². The van der Waals surface area contributed by atoms with Crippen LogP contribution in [-0.4, -0.2) is 6.04 Å². The van der Waals surface area contributed by atoms with E-state index in [0.717, 1.165) is 10.9 Å². The maximum Gasteiger partial charge on any atom is 0.0931 e.